The fourth-order valence-electron chi connectivity index (χ4n) is 2.75. The Morgan fingerprint density at radius 2 is 1.92 bits per heavy atom. The Kier molecular flexibility index (Phi) is 6.75. The van der Waals surface area contributed by atoms with E-state index in [0.29, 0.717) is 0 Å². The van der Waals surface area contributed by atoms with Crippen molar-refractivity contribution in [3.8, 4) is 0 Å². The quantitative estimate of drug-likeness (QED) is 0.838. The molecule has 2 aromatic rings. The zero-order chi connectivity index (χ0) is 19.3. The Bertz CT molecular complexity index is 790. The number of hydrogen-bond acceptors (Lipinski definition) is 2. The van der Waals surface area contributed by atoms with Crippen molar-refractivity contribution in [3.63, 3.8) is 0 Å². The van der Waals surface area contributed by atoms with Gasteiger partial charge in [0.25, 0.3) is 0 Å². The maximum Gasteiger partial charge on any atom is 0.242 e. The molecule has 4 nitrogen and oxygen atoms in total. The highest BCUT2D eigenvalue weighted by molar-refractivity contribution is 6.31. The first-order valence-corrected chi connectivity index (χ1v) is 8.70. The molecule has 0 aliphatic rings. The molecule has 0 bridgehead atoms. The van der Waals surface area contributed by atoms with Crippen LogP contribution in [0.15, 0.2) is 42.5 Å². The fraction of sp³-hybridized carbons (Fsp3) is 0.300. The molecule has 2 rings (SSSR count). The molecule has 0 fully saturated rings. The van der Waals surface area contributed by atoms with Crippen LogP contribution in [0, 0.1) is 12.7 Å². The number of benzene rings is 2. The lowest BCUT2D eigenvalue weighted by atomic mass is 10.1. The highest BCUT2D eigenvalue weighted by atomic mass is 35.5. The summed E-state index contributed by atoms with van der Waals surface area (Å²) in [6, 6.07) is 11.3. The highest BCUT2D eigenvalue weighted by Gasteiger charge is 2.26. The number of carbonyl (C=O) groups is 2. The molecule has 1 atom stereocenters. The minimum atomic E-state index is -0.696. The number of nitrogens with zero attached hydrogens (tertiary/aromatic N) is 1. The molecule has 0 aliphatic heterocycles. The Hall–Kier alpha value is -2.40. The molecule has 138 valence electrons. The third-order valence-electron chi connectivity index (χ3n) is 4.24. The summed E-state index contributed by atoms with van der Waals surface area (Å²) in [5.74, 6) is -1.19. The molecule has 6 heteroatoms. The normalized spacial score (nSPS) is 11.7. The van der Waals surface area contributed by atoms with Crippen molar-refractivity contribution < 1.29 is 14.0 Å². The van der Waals surface area contributed by atoms with Crippen molar-refractivity contribution in [1.82, 2.24) is 10.2 Å². The predicted molar refractivity (Wildman–Crippen MR) is 100 cm³/mol. The molecule has 2 amide bonds. The van der Waals surface area contributed by atoms with Crippen LogP contribution >= 0.6 is 11.6 Å². The molecular weight excluding hydrogens is 355 g/mol. The standard InChI is InChI=1S/C20H22ClFN2O2/c1-13-6-4-7-15(10-13)12-24(14(2)20(26)23-3)19(25)11-16-17(21)8-5-9-18(16)22/h4-10,14H,11-12H2,1-3H3,(H,23,26)/t14-/m0/s1. The van der Waals surface area contributed by atoms with Gasteiger partial charge in [0, 0.05) is 24.2 Å². The second kappa shape index (κ2) is 8.81. The van der Waals surface area contributed by atoms with Crippen molar-refractivity contribution in [1.29, 1.82) is 0 Å². The average Bonchev–Trinajstić information content (AvgIpc) is 2.61. The second-order valence-electron chi connectivity index (χ2n) is 6.18. The van der Waals surface area contributed by atoms with Gasteiger partial charge in [0.1, 0.15) is 11.9 Å². The molecular formula is C20H22ClFN2O2. The first-order valence-electron chi connectivity index (χ1n) is 8.33. The molecule has 0 aromatic heterocycles. The first kappa shape index (κ1) is 19.9. The first-order chi connectivity index (χ1) is 12.3. The number of aryl methyl sites for hydroxylation is 1. The molecule has 2 aromatic carbocycles. The Morgan fingerprint density at radius 3 is 2.54 bits per heavy atom. The number of hydrogen-bond donors (Lipinski definition) is 1. The maximum atomic E-state index is 14.0. The lowest BCUT2D eigenvalue weighted by Crippen LogP contribution is -2.47. The van der Waals surface area contributed by atoms with Gasteiger partial charge in [0.05, 0.1) is 6.42 Å². The van der Waals surface area contributed by atoms with E-state index in [1.807, 2.05) is 31.2 Å². The number of carbonyl (C=O) groups excluding carboxylic acids is 2. The van der Waals surface area contributed by atoms with Crippen LogP contribution in [0.25, 0.3) is 0 Å². The molecule has 0 saturated carbocycles. The van der Waals surface area contributed by atoms with Crippen LogP contribution in [-0.2, 0) is 22.6 Å². The summed E-state index contributed by atoms with van der Waals surface area (Å²) in [5, 5.41) is 2.75. The van der Waals surface area contributed by atoms with Gasteiger partial charge in [0.15, 0.2) is 0 Å². The van der Waals surface area contributed by atoms with Gasteiger partial charge < -0.3 is 10.2 Å². The van der Waals surface area contributed by atoms with Gasteiger partial charge in [-0.05, 0) is 31.5 Å². The lowest BCUT2D eigenvalue weighted by Gasteiger charge is -2.28. The van der Waals surface area contributed by atoms with E-state index in [9.17, 15) is 14.0 Å². The van der Waals surface area contributed by atoms with Gasteiger partial charge in [-0.1, -0.05) is 47.5 Å². The highest BCUT2D eigenvalue weighted by Crippen LogP contribution is 2.21. The summed E-state index contributed by atoms with van der Waals surface area (Å²) in [5.41, 5.74) is 2.09. The summed E-state index contributed by atoms with van der Waals surface area (Å²) in [6.45, 7) is 3.85. The zero-order valence-electron chi connectivity index (χ0n) is 15.1. The molecule has 0 heterocycles. The smallest absolute Gasteiger partial charge is 0.242 e. The van der Waals surface area contributed by atoms with E-state index >= 15 is 0 Å². The van der Waals surface area contributed by atoms with Gasteiger partial charge in [-0.3, -0.25) is 9.59 Å². The van der Waals surface area contributed by atoms with Gasteiger partial charge in [-0.2, -0.15) is 0 Å². The molecule has 0 saturated heterocycles. The topological polar surface area (TPSA) is 49.4 Å². The van der Waals surface area contributed by atoms with Crippen LogP contribution in [0.2, 0.25) is 5.02 Å². The minimum absolute atomic E-state index is 0.137. The number of halogens is 2. The SMILES string of the molecule is CNC(=O)[C@H](C)N(Cc1cccc(C)c1)C(=O)Cc1c(F)cccc1Cl. The van der Waals surface area contributed by atoms with Crippen LogP contribution < -0.4 is 5.32 Å². The van der Waals surface area contributed by atoms with Crippen LogP contribution in [0.3, 0.4) is 0 Å². The molecule has 0 aliphatic carbocycles. The Morgan fingerprint density at radius 1 is 1.23 bits per heavy atom. The lowest BCUT2D eigenvalue weighted by molar-refractivity contribution is -0.139. The van der Waals surface area contributed by atoms with Gasteiger partial charge in [-0.25, -0.2) is 4.39 Å². The van der Waals surface area contributed by atoms with Crippen LogP contribution in [0.4, 0.5) is 4.39 Å². The third kappa shape index (κ3) is 4.82. The van der Waals surface area contributed by atoms with E-state index in [1.165, 1.54) is 24.1 Å². The minimum Gasteiger partial charge on any atom is -0.357 e. The third-order valence-corrected chi connectivity index (χ3v) is 4.59. The summed E-state index contributed by atoms with van der Waals surface area (Å²) < 4.78 is 14.0. The molecule has 26 heavy (non-hydrogen) atoms. The van der Waals surface area contributed by atoms with Crippen molar-refractivity contribution in [3.05, 3.63) is 70.0 Å². The largest absolute Gasteiger partial charge is 0.357 e. The molecule has 0 unspecified atom stereocenters. The van der Waals surface area contributed by atoms with Gasteiger partial charge in [-0.15, -0.1) is 0 Å². The summed E-state index contributed by atoms with van der Waals surface area (Å²) >= 11 is 6.04. The molecule has 0 radical (unpaired) electrons. The summed E-state index contributed by atoms with van der Waals surface area (Å²) in [4.78, 5) is 26.4. The molecule has 1 N–H and O–H groups in total. The van der Waals surface area contributed by atoms with Crippen LogP contribution in [-0.4, -0.2) is 29.8 Å². The van der Waals surface area contributed by atoms with E-state index in [2.05, 4.69) is 5.32 Å². The van der Waals surface area contributed by atoms with Crippen molar-refractivity contribution in [2.45, 2.75) is 32.9 Å². The van der Waals surface area contributed by atoms with Gasteiger partial charge >= 0.3 is 0 Å². The van der Waals surface area contributed by atoms with Crippen LogP contribution in [0.1, 0.15) is 23.6 Å². The Labute approximate surface area is 158 Å². The second-order valence-corrected chi connectivity index (χ2v) is 6.59. The van der Waals surface area contributed by atoms with Gasteiger partial charge in [0.2, 0.25) is 11.8 Å². The van der Waals surface area contributed by atoms with E-state index in [4.69, 9.17) is 11.6 Å². The summed E-state index contributed by atoms with van der Waals surface area (Å²) in [6.07, 6.45) is -0.210. The van der Waals surface area contributed by atoms with Crippen LogP contribution in [0.5, 0.6) is 0 Å². The predicted octanol–water partition coefficient (Wildman–Crippen LogP) is 3.49. The number of likely N-dealkylation sites (N-methyl/N-ethyl adjacent to an activating group) is 1. The van der Waals surface area contributed by atoms with Crippen molar-refractivity contribution >= 4 is 23.4 Å². The monoisotopic (exact) mass is 376 g/mol. The van der Waals surface area contributed by atoms with Crippen molar-refractivity contribution in [2.75, 3.05) is 7.05 Å². The maximum absolute atomic E-state index is 14.0. The van der Waals surface area contributed by atoms with Crippen molar-refractivity contribution in [2.24, 2.45) is 0 Å². The van der Waals surface area contributed by atoms with E-state index < -0.39 is 11.9 Å². The number of nitrogens with one attached hydrogen (secondary N) is 1. The number of rotatable bonds is 6. The number of amides is 2. The fourth-order valence-corrected chi connectivity index (χ4v) is 2.98. The average molecular weight is 377 g/mol. The Balaban J connectivity index is 2.30. The molecule has 0 spiro atoms. The van der Waals surface area contributed by atoms with E-state index in [1.54, 1.807) is 13.0 Å². The van der Waals surface area contributed by atoms with E-state index in [-0.39, 0.29) is 35.4 Å². The van der Waals surface area contributed by atoms with E-state index in [0.717, 1.165) is 11.1 Å². The zero-order valence-corrected chi connectivity index (χ0v) is 15.8. The summed E-state index contributed by atoms with van der Waals surface area (Å²) in [7, 11) is 1.52.